The maximum atomic E-state index is 12.7. The number of aryl methyl sites for hydroxylation is 1. The van der Waals surface area contributed by atoms with Crippen LogP contribution < -0.4 is 10.2 Å². The third-order valence-electron chi connectivity index (χ3n) is 4.57. The molecule has 1 saturated heterocycles. The summed E-state index contributed by atoms with van der Waals surface area (Å²) < 4.78 is 1.88. The molecule has 1 aliphatic rings. The first-order valence-corrected chi connectivity index (χ1v) is 8.33. The van der Waals surface area contributed by atoms with Crippen molar-refractivity contribution in [3.63, 3.8) is 0 Å². The molecule has 1 aliphatic heterocycles. The summed E-state index contributed by atoms with van der Waals surface area (Å²) in [5.74, 6) is 0.835. The minimum atomic E-state index is -0.0863. The van der Waals surface area contributed by atoms with Crippen molar-refractivity contribution in [1.29, 1.82) is 0 Å². The van der Waals surface area contributed by atoms with Gasteiger partial charge < -0.3 is 19.7 Å². The van der Waals surface area contributed by atoms with Crippen LogP contribution in [0.15, 0.2) is 30.6 Å². The van der Waals surface area contributed by atoms with Crippen molar-refractivity contribution >= 4 is 17.4 Å². The van der Waals surface area contributed by atoms with E-state index in [1.54, 1.807) is 6.33 Å². The highest BCUT2D eigenvalue weighted by Gasteiger charge is 2.32. The highest BCUT2D eigenvalue weighted by atomic mass is 16.2. The number of amides is 2. The lowest BCUT2D eigenvalue weighted by molar-refractivity contribution is 0.204. The van der Waals surface area contributed by atoms with Crippen LogP contribution in [0.4, 0.5) is 16.2 Å². The molecule has 2 heterocycles. The molecule has 7 nitrogen and oxygen atoms in total. The molecule has 3 rings (SSSR count). The molecule has 0 bridgehead atoms. The van der Waals surface area contributed by atoms with Gasteiger partial charge in [0.05, 0.1) is 6.04 Å². The van der Waals surface area contributed by atoms with Gasteiger partial charge in [0, 0.05) is 38.6 Å². The fraction of sp³-hybridized carbons (Fsp3) is 0.471. The molecule has 0 spiro atoms. The molecule has 1 atom stereocenters. The number of rotatable bonds is 4. The molecule has 1 N–H and O–H groups in total. The van der Waals surface area contributed by atoms with E-state index in [-0.39, 0.29) is 12.1 Å². The monoisotopic (exact) mass is 328 g/mol. The van der Waals surface area contributed by atoms with Gasteiger partial charge in [-0.25, -0.2) is 4.79 Å². The van der Waals surface area contributed by atoms with Crippen LogP contribution >= 0.6 is 0 Å². The van der Waals surface area contributed by atoms with Crippen molar-refractivity contribution in [2.75, 3.05) is 30.4 Å². The van der Waals surface area contributed by atoms with E-state index in [0.717, 1.165) is 43.1 Å². The number of hydrogen-bond donors (Lipinski definition) is 1. The Morgan fingerprint density at radius 2 is 2.29 bits per heavy atom. The number of benzene rings is 1. The first-order chi connectivity index (χ1) is 11.6. The summed E-state index contributed by atoms with van der Waals surface area (Å²) in [5, 5.41) is 11.1. The Hall–Kier alpha value is -2.57. The number of carbonyl (C=O) groups is 1. The first-order valence-electron chi connectivity index (χ1n) is 8.33. The zero-order valence-corrected chi connectivity index (χ0v) is 14.4. The van der Waals surface area contributed by atoms with Crippen molar-refractivity contribution in [2.45, 2.75) is 25.8 Å². The van der Waals surface area contributed by atoms with Crippen LogP contribution in [0.5, 0.6) is 0 Å². The van der Waals surface area contributed by atoms with E-state index in [0.29, 0.717) is 0 Å². The van der Waals surface area contributed by atoms with E-state index < -0.39 is 0 Å². The topological polar surface area (TPSA) is 66.3 Å². The molecule has 1 unspecified atom stereocenters. The summed E-state index contributed by atoms with van der Waals surface area (Å²) >= 11 is 0. The number of nitrogens with one attached hydrogen (secondary N) is 1. The van der Waals surface area contributed by atoms with Gasteiger partial charge in [-0.1, -0.05) is 6.07 Å². The van der Waals surface area contributed by atoms with E-state index in [2.05, 4.69) is 27.3 Å². The van der Waals surface area contributed by atoms with E-state index in [1.165, 1.54) is 0 Å². The highest BCUT2D eigenvalue weighted by molar-refractivity contribution is 5.90. The average molecular weight is 328 g/mol. The Balaban J connectivity index is 1.74. The minimum Gasteiger partial charge on any atom is -0.375 e. The van der Waals surface area contributed by atoms with Gasteiger partial charge in [-0.3, -0.25) is 0 Å². The van der Waals surface area contributed by atoms with Crippen LogP contribution in [0, 0.1) is 0 Å². The Morgan fingerprint density at radius 3 is 3.00 bits per heavy atom. The molecule has 1 aromatic heterocycles. The van der Waals surface area contributed by atoms with Crippen LogP contribution in [-0.4, -0.2) is 45.8 Å². The fourth-order valence-corrected chi connectivity index (χ4v) is 3.07. The summed E-state index contributed by atoms with van der Waals surface area (Å²) in [6.45, 7) is 3.75. The molecule has 0 saturated carbocycles. The molecule has 0 aliphatic carbocycles. The molecular weight excluding hydrogens is 304 g/mol. The van der Waals surface area contributed by atoms with Gasteiger partial charge in [-0.05, 0) is 38.0 Å². The summed E-state index contributed by atoms with van der Waals surface area (Å²) in [5.41, 5.74) is 1.89. The molecule has 0 radical (unpaired) electrons. The molecule has 2 aromatic rings. The summed E-state index contributed by atoms with van der Waals surface area (Å²) in [6.07, 6.45) is 3.57. The second-order valence-corrected chi connectivity index (χ2v) is 6.15. The summed E-state index contributed by atoms with van der Waals surface area (Å²) in [7, 11) is 3.94. The van der Waals surface area contributed by atoms with Gasteiger partial charge in [-0.2, -0.15) is 0 Å². The largest absolute Gasteiger partial charge is 0.375 e. The zero-order chi connectivity index (χ0) is 17.1. The third kappa shape index (κ3) is 3.20. The van der Waals surface area contributed by atoms with Gasteiger partial charge >= 0.3 is 6.03 Å². The third-order valence-corrected chi connectivity index (χ3v) is 4.57. The van der Waals surface area contributed by atoms with Crippen molar-refractivity contribution in [3.05, 3.63) is 36.4 Å². The van der Waals surface area contributed by atoms with Gasteiger partial charge in [0.25, 0.3) is 0 Å². The quantitative estimate of drug-likeness (QED) is 0.937. The molecule has 24 heavy (non-hydrogen) atoms. The Labute approximate surface area is 142 Å². The molecule has 1 aromatic carbocycles. The number of nitrogens with zero attached hydrogens (tertiary/aromatic N) is 5. The molecule has 128 valence electrons. The Morgan fingerprint density at radius 1 is 1.46 bits per heavy atom. The summed E-state index contributed by atoms with van der Waals surface area (Å²) in [6, 6.07) is 7.81. The second kappa shape index (κ2) is 6.90. The second-order valence-electron chi connectivity index (χ2n) is 6.15. The van der Waals surface area contributed by atoms with Crippen molar-refractivity contribution in [3.8, 4) is 0 Å². The van der Waals surface area contributed by atoms with Crippen molar-refractivity contribution < 1.29 is 4.79 Å². The lowest BCUT2D eigenvalue weighted by Gasteiger charge is -2.24. The zero-order valence-electron chi connectivity index (χ0n) is 14.4. The SMILES string of the molecule is CCN(C)c1cccc(NC(=O)N2CCCC2c2nncn2C)c1. The molecule has 7 heteroatoms. The lowest BCUT2D eigenvalue weighted by atomic mass is 10.2. The maximum Gasteiger partial charge on any atom is 0.322 e. The van der Waals surface area contributed by atoms with Crippen LogP contribution in [0.25, 0.3) is 0 Å². The van der Waals surface area contributed by atoms with Crippen molar-refractivity contribution in [2.24, 2.45) is 7.05 Å². The fourth-order valence-electron chi connectivity index (χ4n) is 3.07. The van der Waals surface area contributed by atoms with Gasteiger partial charge in [0.2, 0.25) is 0 Å². The lowest BCUT2D eigenvalue weighted by Crippen LogP contribution is -2.35. The minimum absolute atomic E-state index is 0.0148. The van der Waals surface area contributed by atoms with Gasteiger partial charge in [-0.15, -0.1) is 10.2 Å². The first kappa shape index (κ1) is 16.3. The predicted octanol–water partition coefficient (Wildman–Crippen LogP) is 2.64. The number of urea groups is 1. The van der Waals surface area contributed by atoms with E-state index >= 15 is 0 Å². The average Bonchev–Trinajstić information content (AvgIpc) is 3.22. The van der Waals surface area contributed by atoms with E-state index in [4.69, 9.17) is 0 Å². The highest BCUT2D eigenvalue weighted by Crippen LogP contribution is 2.31. The van der Waals surface area contributed by atoms with Crippen LogP contribution in [0.3, 0.4) is 0 Å². The van der Waals surface area contributed by atoms with Gasteiger partial charge in [0.1, 0.15) is 6.33 Å². The normalized spacial score (nSPS) is 17.1. The molecular formula is C17H24N6O. The van der Waals surface area contributed by atoms with Crippen LogP contribution in [0.2, 0.25) is 0 Å². The molecule has 2 amide bonds. The standard InChI is InChI=1S/C17H24N6O/c1-4-21(2)14-8-5-7-13(11-14)19-17(24)23-10-6-9-15(23)16-20-18-12-22(16)3/h5,7-8,11-12,15H,4,6,9-10H2,1-3H3,(H,19,24). The number of hydrogen-bond acceptors (Lipinski definition) is 4. The smallest absolute Gasteiger partial charge is 0.322 e. The molecule has 1 fully saturated rings. The van der Waals surface area contributed by atoms with E-state index in [1.807, 2.05) is 47.8 Å². The summed E-state index contributed by atoms with van der Waals surface area (Å²) in [4.78, 5) is 16.7. The Bertz CT molecular complexity index is 713. The number of anilines is 2. The van der Waals surface area contributed by atoms with Gasteiger partial charge in [0.15, 0.2) is 5.82 Å². The van der Waals surface area contributed by atoms with Crippen LogP contribution in [0.1, 0.15) is 31.6 Å². The van der Waals surface area contributed by atoms with E-state index in [9.17, 15) is 4.79 Å². The Kier molecular flexibility index (Phi) is 4.69. The van der Waals surface area contributed by atoms with Crippen molar-refractivity contribution in [1.82, 2.24) is 19.7 Å². The number of aromatic nitrogens is 3. The number of carbonyl (C=O) groups excluding carboxylic acids is 1. The number of likely N-dealkylation sites (tertiary alicyclic amines) is 1. The van der Waals surface area contributed by atoms with Crippen LogP contribution in [-0.2, 0) is 7.05 Å². The predicted molar refractivity (Wildman–Crippen MR) is 94.1 cm³/mol. The maximum absolute atomic E-state index is 12.7.